The van der Waals surface area contributed by atoms with Crippen molar-refractivity contribution in [3.8, 4) is 11.3 Å². The Kier molecular flexibility index (Phi) is 5.64. The van der Waals surface area contributed by atoms with E-state index in [-0.39, 0.29) is 10.8 Å². The number of nitrogens with one attached hydrogen (secondary N) is 1. The van der Waals surface area contributed by atoms with E-state index in [1.807, 2.05) is 30.3 Å². The van der Waals surface area contributed by atoms with Crippen molar-refractivity contribution in [2.24, 2.45) is 0 Å². The van der Waals surface area contributed by atoms with Gasteiger partial charge in [0.05, 0.1) is 23.0 Å². The van der Waals surface area contributed by atoms with Crippen LogP contribution in [0.15, 0.2) is 70.1 Å². The van der Waals surface area contributed by atoms with Crippen LogP contribution in [-0.4, -0.2) is 43.1 Å². The molecule has 10 heteroatoms. The summed E-state index contributed by atoms with van der Waals surface area (Å²) in [5.41, 5.74) is 3.32. The molecule has 1 amide bonds. The molecule has 2 aromatic carbocycles. The van der Waals surface area contributed by atoms with E-state index in [0.29, 0.717) is 34.0 Å². The number of fused-ring (bicyclic) bond motifs is 1. The van der Waals surface area contributed by atoms with Crippen molar-refractivity contribution in [3.63, 3.8) is 0 Å². The molecule has 34 heavy (non-hydrogen) atoms. The molecule has 1 aliphatic carbocycles. The molecule has 0 bridgehead atoms. The fraction of sp³-hybridized carbons (Fsp3) is 0.208. The Morgan fingerprint density at radius 2 is 1.82 bits per heavy atom. The van der Waals surface area contributed by atoms with E-state index in [9.17, 15) is 13.2 Å². The number of anilines is 1. The average molecular weight is 479 g/mol. The lowest BCUT2D eigenvalue weighted by Gasteiger charge is -2.14. The highest BCUT2D eigenvalue weighted by atomic mass is 32.2. The molecule has 0 radical (unpaired) electrons. The summed E-state index contributed by atoms with van der Waals surface area (Å²) in [7, 11) is -1.21. The summed E-state index contributed by atoms with van der Waals surface area (Å²) in [5.74, 6) is -0.0530. The number of carbonyl (C=O) groups excluding carboxylic acids is 1. The topological polar surface area (TPSA) is 115 Å². The Morgan fingerprint density at radius 3 is 2.47 bits per heavy atom. The number of pyridine rings is 1. The second-order valence-corrected chi connectivity index (χ2v) is 9.96. The summed E-state index contributed by atoms with van der Waals surface area (Å²) in [4.78, 5) is 22.8. The van der Waals surface area contributed by atoms with Gasteiger partial charge >= 0.3 is 0 Å². The number of hydrogen-bond donors (Lipinski definition) is 1. The first kappa shape index (κ1) is 22.2. The SMILES string of the molecule is CON(C)S(=O)(=O)c1ccc(NC(=O)c2cc(C3CC3)nc3onc(-c4ccccc4)c23)cc1. The van der Waals surface area contributed by atoms with E-state index in [4.69, 9.17) is 9.36 Å². The largest absolute Gasteiger partial charge is 0.335 e. The highest BCUT2D eigenvalue weighted by Crippen LogP contribution is 2.41. The highest BCUT2D eigenvalue weighted by molar-refractivity contribution is 7.89. The van der Waals surface area contributed by atoms with Gasteiger partial charge in [-0.3, -0.25) is 9.63 Å². The summed E-state index contributed by atoms with van der Waals surface area (Å²) in [5, 5.41) is 7.59. The third kappa shape index (κ3) is 4.07. The molecule has 1 saturated carbocycles. The van der Waals surface area contributed by atoms with Crippen molar-refractivity contribution < 1.29 is 22.6 Å². The molecule has 0 atom stereocenters. The predicted octanol–water partition coefficient (Wildman–Crippen LogP) is 4.20. The number of carbonyl (C=O) groups is 1. The van der Waals surface area contributed by atoms with Crippen LogP contribution in [0, 0.1) is 0 Å². The molecule has 0 unspecified atom stereocenters. The Bertz CT molecular complexity index is 1460. The van der Waals surface area contributed by atoms with E-state index in [1.165, 1.54) is 38.4 Å². The molecule has 9 nitrogen and oxygen atoms in total. The molecule has 4 aromatic rings. The van der Waals surface area contributed by atoms with Gasteiger partial charge in [0.1, 0.15) is 5.69 Å². The maximum absolute atomic E-state index is 13.4. The van der Waals surface area contributed by atoms with E-state index in [1.54, 1.807) is 6.07 Å². The van der Waals surface area contributed by atoms with E-state index >= 15 is 0 Å². The van der Waals surface area contributed by atoms with Crippen LogP contribution in [0.2, 0.25) is 0 Å². The molecule has 0 spiro atoms. The molecule has 174 valence electrons. The molecule has 0 aliphatic heterocycles. The molecule has 0 saturated heterocycles. The van der Waals surface area contributed by atoms with Crippen LogP contribution in [0.25, 0.3) is 22.4 Å². The molecule has 1 fully saturated rings. The fourth-order valence-corrected chi connectivity index (χ4v) is 4.66. The van der Waals surface area contributed by atoms with Crippen LogP contribution in [-0.2, 0) is 14.9 Å². The monoisotopic (exact) mass is 478 g/mol. The third-order valence-corrected chi connectivity index (χ3v) is 7.45. The zero-order chi connectivity index (χ0) is 23.9. The minimum atomic E-state index is -3.78. The van der Waals surface area contributed by atoms with Gasteiger partial charge in [0.25, 0.3) is 21.6 Å². The van der Waals surface area contributed by atoms with Gasteiger partial charge in [-0.15, -0.1) is 0 Å². The lowest BCUT2D eigenvalue weighted by molar-refractivity contribution is -0.0258. The van der Waals surface area contributed by atoms with Crippen LogP contribution in [0.5, 0.6) is 0 Å². The van der Waals surface area contributed by atoms with Crippen molar-refractivity contribution in [1.82, 2.24) is 14.6 Å². The number of rotatable bonds is 7. The normalized spacial score (nSPS) is 14.0. The minimum absolute atomic E-state index is 0.0440. The van der Waals surface area contributed by atoms with E-state index in [2.05, 4.69) is 15.5 Å². The van der Waals surface area contributed by atoms with Crippen LogP contribution in [0.3, 0.4) is 0 Å². The molecule has 1 N–H and O–H groups in total. The van der Waals surface area contributed by atoms with Crippen molar-refractivity contribution in [1.29, 1.82) is 0 Å². The standard InChI is InChI=1S/C24H22N4O5S/c1-28(32-2)34(30,31)18-12-10-17(11-13-18)25-23(29)19-14-20(15-8-9-15)26-24-21(19)22(27-33-24)16-6-4-3-5-7-16/h3-7,10-15H,8-9H2,1-2H3,(H,25,29). The fourth-order valence-electron chi connectivity index (χ4n) is 3.69. The Labute approximate surface area is 196 Å². The van der Waals surface area contributed by atoms with E-state index < -0.39 is 10.0 Å². The molecule has 2 aromatic heterocycles. The predicted molar refractivity (Wildman–Crippen MR) is 126 cm³/mol. The van der Waals surface area contributed by atoms with Gasteiger partial charge in [-0.05, 0) is 43.2 Å². The summed E-state index contributed by atoms with van der Waals surface area (Å²) >= 11 is 0. The van der Waals surface area contributed by atoms with Gasteiger partial charge in [-0.25, -0.2) is 13.4 Å². The summed E-state index contributed by atoms with van der Waals surface area (Å²) in [6.07, 6.45) is 2.04. The van der Waals surface area contributed by atoms with E-state index in [0.717, 1.165) is 28.6 Å². The third-order valence-electron chi connectivity index (χ3n) is 5.76. The highest BCUT2D eigenvalue weighted by Gasteiger charge is 2.29. The number of benzene rings is 2. The first-order valence-corrected chi connectivity index (χ1v) is 12.1. The lowest BCUT2D eigenvalue weighted by Crippen LogP contribution is -2.25. The Morgan fingerprint density at radius 1 is 1.12 bits per heavy atom. The zero-order valence-corrected chi connectivity index (χ0v) is 19.4. The maximum atomic E-state index is 13.4. The number of hydrogen-bond acceptors (Lipinski definition) is 7. The van der Waals surface area contributed by atoms with Gasteiger partial charge in [0.15, 0.2) is 0 Å². The maximum Gasteiger partial charge on any atom is 0.264 e. The summed E-state index contributed by atoms with van der Waals surface area (Å²) in [6.45, 7) is 0. The second kappa shape index (κ2) is 8.64. The van der Waals surface area contributed by atoms with Crippen LogP contribution >= 0.6 is 0 Å². The van der Waals surface area contributed by atoms with Gasteiger partial charge in [-0.1, -0.05) is 40.0 Å². The van der Waals surface area contributed by atoms with Crippen molar-refractivity contribution in [2.45, 2.75) is 23.7 Å². The first-order chi connectivity index (χ1) is 16.4. The van der Waals surface area contributed by atoms with Crippen molar-refractivity contribution in [2.75, 3.05) is 19.5 Å². The lowest BCUT2D eigenvalue weighted by atomic mass is 10.0. The number of hydroxylamine groups is 1. The Hall–Kier alpha value is -3.60. The number of amides is 1. The van der Waals surface area contributed by atoms with Crippen LogP contribution in [0.1, 0.15) is 34.8 Å². The molecular weight excluding hydrogens is 456 g/mol. The van der Waals surface area contributed by atoms with Crippen LogP contribution in [0.4, 0.5) is 5.69 Å². The van der Waals surface area contributed by atoms with Crippen LogP contribution < -0.4 is 5.32 Å². The van der Waals surface area contributed by atoms with Gasteiger partial charge in [0, 0.05) is 29.9 Å². The van der Waals surface area contributed by atoms with Gasteiger partial charge in [-0.2, -0.15) is 0 Å². The number of nitrogens with zero attached hydrogens (tertiary/aromatic N) is 3. The average Bonchev–Trinajstić information content (AvgIpc) is 3.62. The molecule has 5 rings (SSSR count). The number of sulfonamides is 1. The molecule has 2 heterocycles. The summed E-state index contributed by atoms with van der Waals surface area (Å²) in [6, 6.07) is 17.1. The number of aromatic nitrogens is 2. The quantitative estimate of drug-likeness (QED) is 0.396. The minimum Gasteiger partial charge on any atom is -0.335 e. The zero-order valence-electron chi connectivity index (χ0n) is 18.6. The van der Waals surface area contributed by atoms with Gasteiger partial charge < -0.3 is 9.84 Å². The molecular formula is C24H22N4O5S. The first-order valence-electron chi connectivity index (χ1n) is 10.7. The Balaban J connectivity index is 1.51. The van der Waals surface area contributed by atoms with Gasteiger partial charge in [0.2, 0.25) is 0 Å². The summed E-state index contributed by atoms with van der Waals surface area (Å²) < 4.78 is 31.1. The second-order valence-electron chi connectivity index (χ2n) is 8.02. The van der Waals surface area contributed by atoms with Crippen molar-refractivity contribution >= 4 is 32.7 Å². The molecule has 1 aliphatic rings. The smallest absolute Gasteiger partial charge is 0.264 e. The van der Waals surface area contributed by atoms with Crippen molar-refractivity contribution in [3.05, 3.63) is 71.9 Å².